The van der Waals surface area contributed by atoms with E-state index in [0.717, 1.165) is 5.56 Å². The molecule has 11 nitrogen and oxygen atoms in total. The Balaban J connectivity index is 1.47. The molecule has 3 N–H and O–H groups in total. The van der Waals surface area contributed by atoms with Crippen molar-refractivity contribution in [1.29, 1.82) is 0 Å². The van der Waals surface area contributed by atoms with Crippen LogP contribution in [0.1, 0.15) is 42.9 Å². The van der Waals surface area contributed by atoms with Crippen molar-refractivity contribution < 1.29 is 38.2 Å². The maximum Gasteiger partial charge on any atom is 0.266 e. The maximum atomic E-state index is 12.7. The predicted octanol–water partition coefficient (Wildman–Crippen LogP) is 2.39. The maximum absolute atomic E-state index is 12.7. The van der Waals surface area contributed by atoms with E-state index in [-0.39, 0.29) is 55.6 Å². The first-order chi connectivity index (χ1) is 18.6. The lowest BCUT2D eigenvalue weighted by atomic mass is 9.93. The minimum atomic E-state index is -0.754. The average Bonchev–Trinajstić information content (AvgIpc) is 3.35. The van der Waals surface area contributed by atoms with Crippen molar-refractivity contribution in [2.24, 2.45) is 11.8 Å². The highest BCUT2D eigenvalue weighted by Gasteiger charge is 2.24. The van der Waals surface area contributed by atoms with Gasteiger partial charge in [0.05, 0.1) is 20.2 Å². The summed E-state index contributed by atoms with van der Waals surface area (Å²) in [5.74, 6) is -3.13. The number of ether oxygens (including phenoxy) is 1. The summed E-state index contributed by atoms with van der Waals surface area (Å²) >= 11 is 0. The summed E-state index contributed by atoms with van der Waals surface area (Å²) in [6.45, 7) is 2.25. The number of nitrogens with one attached hydrogen (secondary N) is 2. The third-order valence-corrected chi connectivity index (χ3v) is 6.03. The third kappa shape index (κ3) is 8.22. The van der Waals surface area contributed by atoms with Gasteiger partial charge in [0.2, 0.25) is 17.6 Å². The van der Waals surface area contributed by atoms with Gasteiger partial charge in [0, 0.05) is 24.7 Å². The Morgan fingerprint density at radius 3 is 2.33 bits per heavy atom. The van der Waals surface area contributed by atoms with Crippen LogP contribution in [0.2, 0.25) is 0 Å². The molecule has 0 unspecified atom stereocenters. The standard InChI is InChI=1S/C28H31N3O8/c1-16(26(36)30-15-22(35)28-31-25-23(38-3)5-4-6-24(25)39-28)11-21(34)14-29-27(37)19(12-17(2)32)13-18-7-9-20(33)10-8-18/h4-10,16,19,33H,11-15H2,1-3H3,(H,29,37)(H,30,36)/t16-,19+/m1/s1. The zero-order chi connectivity index (χ0) is 28.5. The third-order valence-electron chi connectivity index (χ3n) is 6.03. The molecule has 206 valence electrons. The van der Waals surface area contributed by atoms with Crippen LogP contribution in [-0.2, 0) is 25.6 Å². The fourth-order valence-electron chi connectivity index (χ4n) is 3.98. The van der Waals surface area contributed by atoms with Crippen molar-refractivity contribution in [3.05, 3.63) is 53.9 Å². The monoisotopic (exact) mass is 537 g/mol. The number of phenols is 1. The van der Waals surface area contributed by atoms with Crippen LogP contribution in [0, 0.1) is 11.8 Å². The number of carbonyl (C=O) groups is 5. The average molecular weight is 538 g/mol. The van der Waals surface area contributed by atoms with E-state index in [1.165, 1.54) is 33.1 Å². The van der Waals surface area contributed by atoms with Crippen LogP contribution in [0.25, 0.3) is 11.1 Å². The number of nitrogens with zero attached hydrogens (tertiary/aromatic N) is 1. The van der Waals surface area contributed by atoms with Crippen LogP contribution < -0.4 is 15.4 Å². The lowest BCUT2D eigenvalue weighted by Gasteiger charge is -2.16. The van der Waals surface area contributed by atoms with Crippen molar-refractivity contribution in [1.82, 2.24) is 15.6 Å². The fourth-order valence-corrected chi connectivity index (χ4v) is 3.98. The number of hydrogen-bond acceptors (Lipinski definition) is 9. The number of phenolic OH excluding ortho intramolecular Hbond substituents is 1. The Hall–Kier alpha value is -4.54. The van der Waals surface area contributed by atoms with E-state index < -0.39 is 29.4 Å². The van der Waals surface area contributed by atoms with Crippen LogP contribution in [0.4, 0.5) is 0 Å². The van der Waals surface area contributed by atoms with Crippen molar-refractivity contribution in [3.63, 3.8) is 0 Å². The predicted molar refractivity (Wildman–Crippen MR) is 140 cm³/mol. The Morgan fingerprint density at radius 2 is 1.67 bits per heavy atom. The highest BCUT2D eigenvalue weighted by Crippen LogP contribution is 2.25. The summed E-state index contributed by atoms with van der Waals surface area (Å²) in [6.07, 6.45) is 0.107. The Morgan fingerprint density at radius 1 is 0.974 bits per heavy atom. The number of amides is 2. The van der Waals surface area contributed by atoms with Crippen LogP contribution in [0.5, 0.6) is 11.5 Å². The molecule has 1 heterocycles. The fraction of sp³-hybridized carbons (Fsp3) is 0.357. The molecule has 0 aliphatic rings. The number of benzene rings is 2. The molecule has 0 fully saturated rings. The molecular formula is C28H31N3O8. The number of fused-ring (bicyclic) bond motifs is 1. The molecule has 0 radical (unpaired) electrons. The second kappa shape index (κ2) is 13.3. The molecule has 0 saturated carbocycles. The van der Waals surface area contributed by atoms with Gasteiger partial charge in [0.25, 0.3) is 5.89 Å². The summed E-state index contributed by atoms with van der Waals surface area (Å²) in [5.41, 5.74) is 1.53. The van der Waals surface area contributed by atoms with Gasteiger partial charge in [-0.25, -0.2) is 4.98 Å². The molecule has 2 atom stereocenters. The number of oxazole rings is 1. The first kappa shape index (κ1) is 29.0. The summed E-state index contributed by atoms with van der Waals surface area (Å²) < 4.78 is 10.6. The Kier molecular flexibility index (Phi) is 9.91. The number of aromatic nitrogens is 1. The number of hydrogen-bond donors (Lipinski definition) is 3. The molecule has 2 aromatic carbocycles. The lowest BCUT2D eigenvalue weighted by molar-refractivity contribution is -0.131. The minimum Gasteiger partial charge on any atom is -0.508 e. The van der Waals surface area contributed by atoms with Crippen LogP contribution in [0.15, 0.2) is 46.9 Å². The minimum absolute atomic E-state index is 0.000601. The molecule has 3 aromatic rings. The van der Waals surface area contributed by atoms with E-state index in [1.54, 1.807) is 30.3 Å². The first-order valence-corrected chi connectivity index (χ1v) is 12.4. The molecule has 39 heavy (non-hydrogen) atoms. The summed E-state index contributed by atoms with van der Waals surface area (Å²) in [6, 6.07) is 11.3. The summed E-state index contributed by atoms with van der Waals surface area (Å²) in [7, 11) is 1.47. The normalized spacial score (nSPS) is 12.4. The Bertz CT molecular complexity index is 1360. The number of methoxy groups -OCH3 is 1. The largest absolute Gasteiger partial charge is 0.508 e. The Labute approximate surface area is 224 Å². The van der Waals surface area contributed by atoms with Gasteiger partial charge < -0.3 is 29.7 Å². The van der Waals surface area contributed by atoms with E-state index in [1.807, 2.05) is 0 Å². The van der Waals surface area contributed by atoms with Crippen LogP contribution in [0.3, 0.4) is 0 Å². The molecule has 11 heteroatoms. The van der Waals surface area contributed by atoms with Gasteiger partial charge >= 0.3 is 0 Å². The molecule has 3 rings (SSSR count). The number of rotatable bonds is 14. The highest BCUT2D eigenvalue weighted by molar-refractivity contribution is 5.98. The lowest BCUT2D eigenvalue weighted by Crippen LogP contribution is -2.38. The topological polar surface area (TPSA) is 165 Å². The van der Waals surface area contributed by atoms with Gasteiger partial charge in [-0.1, -0.05) is 25.1 Å². The number of Topliss-reactive ketones (excluding diaryl/α,β-unsaturated/α-hetero) is 3. The number of carbonyl (C=O) groups excluding carboxylic acids is 5. The van der Waals surface area contributed by atoms with E-state index in [9.17, 15) is 29.1 Å². The molecule has 0 aliphatic heterocycles. The van der Waals surface area contributed by atoms with Gasteiger partial charge in [-0.2, -0.15) is 0 Å². The van der Waals surface area contributed by atoms with E-state index in [4.69, 9.17) is 9.15 Å². The SMILES string of the molecule is COc1cccc2oc(C(=O)CNC(=O)[C@H](C)CC(=O)CNC(=O)[C@@H](CC(C)=O)Cc3ccc(O)cc3)nc12. The van der Waals surface area contributed by atoms with E-state index in [2.05, 4.69) is 15.6 Å². The van der Waals surface area contributed by atoms with Crippen LogP contribution in [-0.4, -0.2) is 59.5 Å². The van der Waals surface area contributed by atoms with E-state index in [0.29, 0.717) is 16.8 Å². The summed E-state index contributed by atoms with van der Waals surface area (Å²) in [5, 5.41) is 14.5. The quantitative estimate of drug-likeness (QED) is 0.262. The molecule has 0 aliphatic carbocycles. The highest BCUT2D eigenvalue weighted by atomic mass is 16.5. The number of aromatic hydroxyl groups is 1. The second-order valence-corrected chi connectivity index (χ2v) is 9.30. The molecular weight excluding hydrogens is 506 g/mol. The van der Waals surface area contributed by atoms with Crippen molar-refractivity contribution in [2.75, 3.05) is 20.2 Å². The van der Waals surface area contributed by atoms with Crippen molar-refractivity contribution in [3.8, 4) is 11.5 Å². The van der Waals surface area contributed by atoms with Gasteiger partial charge in [-0.05, 0) is 43.2 Å². The second-order valence-electron chi connectivity index (χ2n) is 9.30. The van der Waals surface area contributed by atoms with E-state index >= 15 is 0 Å². The van der Waals surface area contributed by atoms with Gasteiger partial charge in [-0.3, -0.25) is 19.2 Å². The molecule has 0 saturated heterocycles. The number of para-hydroxylation sites is 1. The molecule has 1 aromatic heterocycles. The van der Waals surface area contributed by atoms with Gasteiger partial charge in [0.15, 0.2) is 16.9 Å². The molecule has 2 amide bonds. The van der Waals surface area contributed by atoms with Gasteiger partial charge in [-0.15, -0.1) is 0 Å². The van der Waals surface area contributed by atoms with Crippen molar-refractivity contribution >= 4 is 40.3 Å². The number of ketones is 3. The zero-order valence-corrected chi connectivity index (χ0v) is 22.0. The van der Waals surface area contributed by atoms with Crippen LogP contribution >= 0.6 is 0 Å². The first-order valence-electron chi connectivity index (χ1n) is 12.4. The smallest absolute Gasteiger partial charge is 0.266 e. The van der Waals surface area contributed by atoms with Gasteiger partial charge in [0.1, 0.15) is 17.3 Å². The van der Waals surface area contributed by atoms with Crippen molar-refractivity contribution in [2.45, 2.75) is 33.1 Å². The molecule has 0 spiro atoms. The molecule has 0 bridgehead atoms. The zero-order valence-electron chi connectivity index (χ0n) is 22.0. The summed E-state index contributed by atoms with van der Waals surface area (Å²) in [4.78, 5) is 65.8.